The van der Waals surface area contributed by atoms with Gasteiger partial charge in [0.25, 0.3) is 0 Å². The molecular weight excluding hydrogens is 196 g/mol. The highest BCUT2D eigenvalue weighted by Gasteiger charge is 2.56. The lowest BCUT2D eigenvalue weighted by molar-refractivity contribution is -0.153. The van der Waals surface area contributed by atoms with Gasteiger partial charge in [0.15, 0.2) is 0 Å². The lowest BCUT2D eigenvalue weighted by Gasteiger charge is -2.52. The summed E-state index contributed by atoms with van der Waals surface area (Å²) < 4.78 is 0. The number of hydrogen-bond donors (Lipinski definition) is 0. The Labute approximate surface area is 99.3 Å². The molecule has 1 heteroatoms. The fourth-order valence-electron chi connectivity index (χ4n) is 3.46. The highest BCUT2D eigenvalue weighted by Crippen LogP contribution is 2.54. The summed E-state index contributed by atoms with van der Waals surface area (Å²) in [4.78, 5) is 12.1. The number of hydrogen-bond acceptors (Lipinski definition) is 1. The van der Waals surface area contributed by atoms with Crippen LogP contribution in [0.15, 0.2) is 12.2 Å². The van der Waals surface area contributed by atoms with E-state index in [0.29, 0.717) is 17.6 Å². The molecule has 0 spiro atoms. The molecule has 0 saturated heterocycles. The summed E-state index contributed by atoms with van der Waals surface area (Å²) in [6, 6.07) is 0. The monoisotopic (exact) mass is 220 g/mol. The molecule has 90 valence electrons. The molecule has 2 aliphatic rings. The molecule has 1 fully saturated rings. The second-order valence-corrected chi connectivity index (χ2v) is 5.73. The maximum Gasteiger partial charge on any atom is 0.143 e. The number of allylic oxidation sites excluding steroid dienone is 2. The van der Waals surface area contributed by atoms with Crippen LogP contribution >= 0.6 is 0 Å². The molecule has 0 bridgehead atoms. The van der Waals surface area contributed by atoms with Crippen molar-refractivity contribution < 1.29 is 4.79 Å². The lowest BCUT2D eigenvalue weighted by atomic mass is 9.49. The van der Waals surface area contributed by atoms with Crippen molar-refractivity contribution in [2.75, 3.05) is 0 Å². The van der Waals surface area contributed by atoms with Crippen molar-refractivity contribution in [1.29, 1.82) is 0 Å². The fraction of sp³-hybridized carbons (Fsp3) is 0.800. The van der Waals surface area contributed by atoms with Gasteiger partial charge in [-0.1, -0.05) is 51.7 Å². The summed E-state index contributed by atoms with van der Waals surface area (Å²) in [6.07, 6.45) is 13.0. The Hall–Kier alpha value is -0.590. The summed E-state index contributed by atoms with van der Waals surface area (Å²) >= 11 is 0. The van der Waals surface area contributed by atoms with E-state index in [1.54, 1.807) is 0 Å². The lowest BCUT2D eigenvalue weighted by Crippen LogP contribution is -2.56. The molecule has 0 N–H and O–H groups in total. The van der Waals surface area contributed by atoms with E-state index in [2.05, 4.69) is 26.0 Å². The first-order chi connectivity index (χ1) is 7.70. The molecule has 16 heavy (non-hydrogen) atoms. The van der Waals surface area contributed by atoms with E-state index >= 15 is 0 Å². The molecule has 0 aliphatic heterocycles. The Bertz CT molecular complexity index is 292. The molecule has 0 amide bonds. The molecule has 0 radical (unpaired) electrons. The van der Waals surface area contributed by atoms with Gasteiger partial charge >= 0.3 is 0 Å². The maximum absolute atomic E-state index is 12.1. The number of fused-ring (bicyclic) bond motifs is 1. The Morgan fingerprint density at radius 3 is 2.94 bits per heavy atom. The third-order valence-corrected chi connectivity index (χ3v) is 4.61. The van der Waals surface area contributed by atoms with Crippen molar-refractivity contribution in [2.45, 2.75) is 58.8 Å². The number of carbonyl (C=O) groups excluding carboxylic acids is 1. The van der Waals surface area contributed by atoms with Crippen molar-refractivity contribution in [2.24, 2.45) is 17.3 Å². The molecule has 1 nitrogen and oxygen atoms in total. The van der Waals surface area contributed by atoms with Crippen molar-refractivity contribution in [3.8, 4) is 0 Å². The summed E-state index contributed by atoms with van der Waals surface area (Å²) in [7, 11) is 0. The minimum Gasteiger partial charge on any atom is -0.299 e. The van der Waals surface area contributed by atoms with Gasteiger partial charge in [-0.05, 0) is 25.2 Å². The molecular formula is C15H24O. The second-order valence-electron chi connectivity index (χ2n) is 5.73. The largest absolute Gasteiger partial charge is 0.299 e. The number of Topliss-reactive ketones (excluding diaryl/α,β-unsaturated/α-hetero) is 1. The normalized spacial score (nSPS) is 37.0. The van der Waals surface area contributed by atoms with E-state index in [1.807, 2.05) is 0 Å². The van der Waals surface area contributed by atoms with Gasteiger partial charge in [0.2, 0.25) is 0 Å². The van der Waals surface area contributed by atoms with Gasteiger partial charge in [-0.3, -0.25) is 4.79 Å². The van der Waals surface area contributed by atoms with Gasteiger partial charge in [0.1, 0.15) is 5.78 Å². The first kappa shape index (κ1) is 11.9. The number of rotatable bonds is 5. The first-order valence-electron chi connectivity index (χ1n) is 6.91. The minimum atomic E-state index is 0.0180. The average Bonchev–Trinajstić information content (AvgIpc) is 2.30. The van der Waals surface area contributed by atoms with Crippen LogP contribution in [0.5, 0.6) is 0 Å². The van der Waals surface area contributed by atoms with Crippen LogP contribution in [-0.4, -0.2) is 5.78 Å². The predicted octanol–water partition coefficient (Wildman–Crippen LogP) is 4.13. The Morgan fingerprint density at radius 1 is 1.38 bits per heavy atom. The van der Waals surface area contributed by atoms with Crippen LogP contribution in [0.4, 0.5) is 0 Å². The standard InChI is InChI=1S/C15H24O/c1-3-4-5-6-9-12-13-10-7-8-11-15(13,2)14(12)16/h7,10,12-13H,3-6,8-9,11H2,1-2H3. The van der Waals surface area contributed by atoms with Crippen molar-refractivity contribution in [3.63, 3.8) is 0 Å². The minimum absolute atomic E-state index is 0.0180. The van der Waals surface area contributed by atoms with E-state index in [9.17, 15) is 4.79 Å². The van der Waals surface area contributed by atoms with Crippen LogP contribution in [-0.2, 0) is 4.79 Å². The van der Waals surface area contributed by atoms with Gasteiger partial charge in [-0.15, -0.1) is 0 Å². The van der Waals surface area contributed by atoms with E-state index in [-0.39, 0.29) is 5.41 Å². The van der Waals surface area contributed by atoms with Crippen LogP contribution in [0.3, 0.4) is 0 Å². The Kier molecular flexibility index (Phi) is 3.51. The first-order valence-corrected chi connectivity index (χ1v) is 6.91. The van der Waals surface area contributed by atoms with Gasteiger partial charge in [-0.2, -0.15) is 0 Å². The molecule has 1 saturated carbocycles. The van der Waals surface area contributed by atoms with E-state index in [4.69, 9.17) is 0 Å². The van der Waals surface area contributed by atoms with Gasteiger partial charge < -0.3 is 0 Å². The smallest absolute Gasteiger partial charge is 0.143 e. The quantitative estimate of drug-likeness (QED) is 0.503. The number of carbonyl (C=O) groups is 1. The number of ketones is 1. The zero-order valence-corrected chi connectivity index (χ0v) is 10.7. The van der Waals surface area contributed by atoms with Crippen LogP contribution in [0.1, 0.15) is 58.8 Å². The van der Waals surface area contributed by atoms with Crippen molar-refractivity contribution in [1.82, 2.24) is 0 Å². The molecule has 0 aromatic heterocycles. The van der Waals surface area contributed by atoms with Gasteiger partial charge in [0.05, 0.1) is 0 Å². The SMILES string of the molecule is CCCCCCC1C(=O)C2(C)CCC=CC12. The van der Waals surface area contributed by atoms with E-state index < -0.39 is 0 Å². The zero-order chi connectivity index (χ0) is 11.6. The topological polar surface area (TPSA) is 17.1 Å². The molecule has 0 aromatic carbocycles. The van der Waals surface area contributed by atoms with Gasteiger partial charge in [-0.25, -0.2) is 0 Å². The molecule has 0 heterocycles. The molecule has 3 unspecified atom stereocenters. The van der Waals surface area contributed by atoms with E-state index in [0.717, 1.165) is 19.3 Å². The third-order valence-electron chi connectivity index (χ3n) is 4.61. The maximum atomic E-state index is 12.1. The summed E-state index contributed by atoms with van der Waals surface area (Å²) in [5, 5.41) is 0. The fourth-order valence-corrected chi connectivity index (χ4v) is 3.46. The molecule has 3 atom stereocenters. The summed E-state index contributed by atoms with van der Waals surface area (Å²) in [5.74, 6) is 1.48. The van der Waals surface area contributed by atoms with Gasteiger partial charge in [0, 0.05) is 11.3 Å². The highest BCUT2D eigenvalue weighted by atomic mass is 16.1. The molecule has 2 aliphatic carbocycles. The zero-order valence-electron chi connectivity index (χ0n) is 10.7. The predicted molar refractivity (Wildman–Crippen MR) is 67.2 cm³/mol. The average molecular weight is 220 g/mol. The Balaban J connectivity index is 1.85. The highest BCUT2D eigenvalue weighted by molar-refractivity contribution is 5.94. The third kappa shape index (κ3) is 1.85. The summed E-state index contributed by atoms with van der Waals surface area (Å²) in [6.45, 7) is 4.40. The van der Waals surface area contributed by atoms with E-state index in [1.165, 1.54) is 25.7 Å². The van der Waals surface area contributed by atoms with Crippen molar-refractivity contribution >= 4 is 5.78 Å². The van der Waals surface area contributed by atoms with Crippen molar-refractivity contribution in [3.05, 3.63) is 12.2 Å². The van der Waals surface area contributed by atoms with Crippen LogP contribution in [0.25, 0.3) is 0 Å². The Morgan fingerprint density at radius 2 is 2.19 bits per heavy atom. The van der Waals surface area contributed by atoms with Crippen LogP contribution in [0, 0.1) is 17.3 Å². The second kappa shape index (κ2) is 4.73. The number of unbranched alkanes of at least 4 members (excludes halogenated alkanes) is 3. The summed E-state index contributed by atoms with van der Waals surface area (Å²) in [5.41, 5.74) is 0.0180. The molecule has 0 aromatic rings. The van der Waals surface area contributed by atoms with Crippen LogP contribution < -0.4 is 0 Å². The van der Waals surface area contributed by atoms with Crippen LogP contribution in [0.2, 0.25) is 0 Å². The molecule has 2 rings (SSSR count).